The lowest BCUT2D eigenvalue weighted by atomic mass is 9.84. The number of nitrogens with zero attached hydrogens (tertiary/aromatic N) is 1. The van der Waals surface area contributed by atoms with Gasteiger partial charge >= 0.3 is 0 Å². The zero-order valence-corrected chi connectivity index (χ0v) is 11.9. The van der Waals surface area contributed by atoms with Crippen LogP contribution in [-0.4, -0.2) is 11.0 Å². The molecule has 1 aliphatic rings. The summed E-state index contributed by atoms with van der Waals surface area (Å²) in [5.74, 6) is 0.882. The second kappa shape index (κ2) is 6.50. The molecule has 0 spiro atoms. The van der Waals surface area contributed by atoms with Gasteiger partial charge in [0.1, 0.15) is 0 Å². The summed E-state index contributed by atoms with van der Waals surface area (Å²) in [6.45, 7) is 5.44. The van der Waals surface area contributed by atoms with Crippen molar-refractivity contribution in [3.05, 3.63) is 16.1 Å². The molecule has 3 heteroatoms. The summed E-state index contributed by atoms with van der Waals surface area (Å²) >= 11 is 1.79. The van der Waals surface area contributed by atoms with Crippen LogP contribution in [-0.2, 0) is 13.0 Å². The number of hydrogen-bond donors (Lipinski definition) is 1. The molecule has 2 rings (SSSR count). The minimum absolute atomic E-state index is 0.641. The molecular formula is C14H24N2S. The van der Waals surface area contributed by atoms with Gasteiger partial charge in [0.05, 0.1) is 10.7 Å². The molecule has 1 aromatic heterocycles. The molecule has 1 aliphatic carbocycles. The van der Waals surface area contributed by atoms with Gasteiger partial charge < -0.3 is 5.32 Å². The Morgan fingerprint density at radius 3 is 2.82 bits per heavy atom. The van der Waals surface area contributed by atoms with Crippen molar-refractivity contribution < 1.29 is 0 Å². The minimum Gasteiger partial charge on any atom is -0.308 e. The molecule has 0 bridgehead atoms. The molecule has 0 radical (unpaired) electrons. The van der Waals surface area contributed by atoms with E-state index in [0.29, 0.717) is 6.04 Å². The van der Waals surface area contributed by atoms with Crippen LogP contribution < -0.4 is 5.32 Å². The van der Waals surface area contributed by atoms with Crippen molar-refractivity contribution in [1.29, 1.82) is 0 Å². The molecule has 1 unspecified atom stereocenters. The molecule has 1 N–H and O–H groups in total. The zero-order valence-electron chi connectivity index (χ0n) is 11.0. The van der Waals surface area contributed by atoms with Gasteiger partial charge in [-0.3, -0.25) is 0 Å². The third kappa shape index (κ3) is 3.78. The Balaban J connectivity index is 1.76. The maximum atomic E-state index is 4.60. The second-order valence-corrected chi connectivity index (χ2v) is 6.10. The van der Waals surface area contributed by atoms with Crippen molar-refractivity contribution in [3.8, 4) is 0 Å². The summed E-state index contributed by atoms with van der Waals surface area (Å²) in [7, 11) is 0. The van der Waals surface area contributed by atoms with Crippen molar-refractivity contribution in [1.82, 2.24) is 10.3 Å². The third-order valence-electron chi connectivity index (χ3n) is 3.86. The molecule has 1 fully saturated rings. The van der Waals surface area contributed by atoms with E-state index in [4.69, 9.17) is 0 Å². The van der Waals surface area contributed by atoms with E-state index in [0.717, 1.165) is 18.9 Å². The summed E-state index contributed by atoms with van der Waals surface area (Å²) in [6.07, 6.45) is 8.16. The summed E-state index contributed by atoms with van der Waals surface area (Å²) in [5.41, 5.74) is 1.22. The lowest BCUT2D eigenvalue weighted by Crippen LogP contribution is -2.34. The van der Waals surface area contributed by atoms with Crippen LogP contribution >= 0.6 is 11.3 Å². The van der Waals surface area contributed by atoms with E-state index >= 15 is 0 Å². The van der Waals surface area contributed by atoms with Crippen LogP contribution in [0.2, 0.25) is 0 Å². The zero-order chi connectivity index (χ0) is 12.1. The molecular weight excluding hydrogens is 228 g/mol. The Morgan fingerprint density at radius 2 is 2.18 bits per heavy atom. The van der Waals surface area contributed by atoms with Crippen LogP contribution in [0.5, 0.6) is 0 Å². The van der Waals surface area contributed by atoms with Crippen LogP contribution in [0.3, 0.4) is 0 Å². The van der Waals surface area contributed by atoms with Gasteiger partial charge in [-0.1, -0.05) is 26.2 Å². The molecule has 2 nitrogen and oxygen atoms in total. The van der Waals surface area contributed by atoms with E-state index in [2.05, 4.69) is 29.5 Å². The fraction of sp³-hybridized carbons (Fsp3) is 0.786. The first-order valence-corrected chi connectivity index (χ1v) is 7.84. The first-order chi connectivity index (χ1) is 8.29. The number of aryl methyl sites for hydroxylation is 1. The molecule has 1 saturated carbocycles. The van der Waals surface area contributed by atoms with Crippen molar-refractivity contribution >= 4 is 11.3 Å². The topological polar surface area (TPSA) is 24.9 Å². The Kier molecular flexibility index (Phi) is 4.99. The van der Waals surface area contributed by atoms with Gasteiger partial charge in [-0.2, -0.15) is 0 Å². The highest BCUT2D eigenvalue weighted by Crippen LogP contribution is 2.26. The van der Waals surface area contributed by atoms with E-state index in [1.54, 1.807) is 11.3 Å². The standard InChI is InChI=1S/C14H24N2S/c1-3-14-16-13(10-17-14)9-15-11(2)12-7-5-4-6-8-12/h10-12,15H,3-9H2,1-2H3. The summed E-state index contributed by atoms with van der Waals surface area (Å²) in [4.78, 5) is 4.60. The first-order valence-electron chi connectivity index (χ1n) is 6.96. The van der Waals surface area contributed by atoms with Gasteiger partial charge in [-0.05, 0) is 32.1 Å². The van der Waals surface area contributed by atoms with E-state index in [1.165, 1.54) is 42.8 Å². The summed E-state index contributed by atoms with van der Waals surface area (Å²) in [6, 6.07) is 0.641. The average Bonchev–Trinajstić information content (AvgIpc) is 2.85. The SMILES string of the molecule is CCc1nc(CNC(C)C2CCCCC2)cs1. The number of hydrogen-bond acceptors (Lipinski definition) is 3. The lowest BCUT2D eigenvalue weighted by molar-refractivity contribution is 0.280. The van der Waals surface area contributed by atoms with E-state index in [1.807, 2.05) is 0 Å². The predicted octanol–water partition coefficient (Wildman–Crippen LogP) is 3.76. The summed E-state index contributed by atoms with van der Waals surface area (Å²) < 4.78 is 0. The molecule has 1 atom stereocenters. The normalized spacial score (nSPS) is 19.4. The number of aromatic nitrogens is 1. The van der Waals surface area contributed by atoms with Crippen LogP contribution in [0.15, 0.2) is 5.38 Å². The smallest absolute Gasteiger partial charge is 0.0926 e. The highest BCUT2D eigenvalue weighted by Gasteiger charge is 2.19. The molecule has 0 amide bonds. The molecule has 0 aromatic carbocycles. The van der Waals surface area contributed by atoms with Gasteiger partial charge in [0, 0.05) is 18.0 Å². The molecule has 1 aromatic rings. The Bertz CT molecular complexity index is 329. The minimum atomic E-state index is 0.641. The molecule has 1 heterocycles. The van der Waals surface area contributed by atoms with E-state index < -0.39 is 0 Å². The highest BCUT2D eigenvalue weighted by molar-refractivity contribution is 7.09. The quantitative estimate of drug-likeness (QED) is 0.863. The maximum absolute atomic E-state index is 4.60. The second-order valence-electron chi connectivity index (χ2n) is 5.15. The van der Waals surface area contributed by atoms with Gasteiger partial charge in [-0.15, -0.1) is 11.3 Å². The largest absolute Gasteiger partial charge is 0.308 e. The van der Waals surface area contributed by atoms with Crippen molar-refractivity contribution in [3.63, 3.8) is 0 Å². The van der Waals surface area contributed by atoms with E-state index in [-0.39, 0.29) is 0 Å². The third-order valence-corrected chi connectivity index (χ3v) is 4.91. The van der Waals surface area contributed by atoms with Crippen molar-refractivity contribution in [2.45, 2.75) is 65.0 Å². The Labute approximate surface area is 109 Å². The predicted molar refractivity (Wildman–Crippen MR) is 74.4 cm³/mol. The van der Waals surface area contributed by atoms with Gasteiger partial charge in [-0.25, -0.2) is 4.98 Å². The lowest BCUT2D eigenvalue weighted by Gasteiger charge is -2.28. The fourth-order valence-electron chi connectivity index (χ4n) is 2.66. The maximum Gasteiger partial charge on any atom is 0.0926 e. The number of rotatable bonds is 5. The number of thiazole rings is 1. The van der Waals surface area contributed by atoms with Crippen LogP contribution in [0.1, 0.15) is 56.7 Å². The Hall–Kier alpha value is -0.410. The monoisotopic (exact) mass is 252 g/mol. The number of nitrogens with one attached hydrogen (secondary N) is 1. The summed E-state index contributed by atoms with van der Waals surface area (Å²) in [5, 5.41) is 7.10. The van der Waals surface area contributed by atoms with Gasteiger partial charge in [0.25, 0.3) is 0 Å². The average molecular weight is 252 g/mol. The first kappa shape index (κ1) is 13.0. The van der Waals surface area contributed by atoms with Crippen LogP contribution in [0, 0.1) is 5.92 Å². The van der Waals surface area contributed by atoms with Gasteiger partial charge in [0.15, 0.2) is 0 Å². The highest BCUT2D eigenvalue weighted by atomic mass is 32.1. The molecule has 0 saturated heterocycles. The Morgan fingerprint density at radius 1 is 1.41 bits per heavy atom. The van der Waals surface area contributed by atoms with Crippen LogP contribution in [0.4, 0.5) is 0 Å². The molecule has 96 valence electrons. The van der Waals surface area contributed by atoms with Crippen LogP contribution in [0.25, 0.3) is 0 Å². The molecule has 17 heavy (non-hydrogen) atoms. The van der Waals surface area contributed by atoms with Gasteiger partial charge in [0.2, 0.25) is 0 Å². The molecule has 0 aliphatic heterocycles. The van der Waals surface area contributed by atoms with Crippen molar-refractivity contribution in [2.24, 2.45) is 5.92 Å². The van der Waals surface area contributed by atoms with E-state index in [9.17, 15) is 0 Å². The fourth-order valence-corrected chi connectivity index (χ4v) is 3.40. The van der Waals surface area contributed by atoms with Crippen molar-refractivity contribution in [2.75, 3.05) is 0 Å².